The van der Waals surface area contributed by atoms with E-state index in [-0.39, 0.29) is 11.9 Å². The molecule has 1 amide bonds. The van der Waals surface area contributed by atoms with Crippen LogP contribution >= 0.6 is 0 Å². The summed E-state index contributed by atoms with van der Waals surface area (Å²) in [7, 11) is 3.87. The van der Waals surface area contributed by atoms with Gasteiger partial charge in [-0.05, 0) is 19.4 Å². The number of hydrogen-bond donors (Lipinski definition) is 2. The van der Waals surface area contributed by atoms with Crippen molar-refractivity contribution in [2.24, 2.45) is 5.92 Å². The summed E-state index contributed by atoms with van der Waals surface area (Å²) in [5, 5.41) is 6.10. The lowest BCUT2D eigenvalue weighted by atomic mass is 10.0. The second-order valence-electron chi connectivity index (χ2n) is 4.54. The van der Waals surface area contributed by atoms with Crippen molar-refractivity contribution in [1.29, 1.82) is 0 Å². The lowest BCUT2D eigenvalue weighted by Crippen LogP contribution is -2.54. The van der Waals surface area contributed by atoms with Crippen LogP contribution in [0.25, 0.3) is 0 Å². The number of hydrogen-bond acceptors (Lipinski definition) is 3. The highest BCUT2D eigenvalue weighted by Crippen LogP contribution is 2.23. The van der Waals surface area contributed by atoms with Gasteiger partial charge in [-0.15, -0.1) is 0 Å². The molecule has 1 rings (SSSR count). The van der Waals surface area contributed by atoms with E-state index in [0.717, 1.165) is 12.1 Å². The van der Waals surface area contributed by atoms with Gasteiger partial charge in [-0.25, -0.2) is 0 Å². The largest absolute Gasteiger partial charge is 0.364 e. The lowest BCUT2D eigenvalue weighted by Gasteiger charge is -2.38. The summed E-state index contributed by atoms with van der Waals surface area (Å²) in [5.74, 6) is 0.453. The Balaban J connectivity index is 3.02. The summed E-state index contributed by atoms with van der Waals surface area (Å²) in [6.45, 7) is 7.02. The minimum Gasteiger partial charge on any atom is -0.364 e. The molecular weight excluding hydrogens is 202 g/mol. The van der Waals surface area contributed by atoms with Gasteiger partial charge in [0.2, 0.25) is 5.91 Å². The first kappa shape index (κ1) is 13.0. The van der Waals surface area contributed by atoms with E-state index in [1.54, 1.807) is 0 Å². The minimum absolute atomic E-state index is 0.0950. The predicted octanol–water partition coefficient (Wildman–Crippen LogP) is 0.914. The van der Waals surface area contributed by atoms with Gasteiger partial charge >= 0.3 is 0 Å². The summed E-state index contributed by atoms with van der Waals surface area (Å²) < 4.78 is 0. The fraction of sp³-hybridized carbons (Fsp3) is 0.750. The molecular formula is C12H23N3O. The first-order valence-corrected chi connectivity index (χ1v) is 5.94. The lowest BCUT2D eigenvalue weighted by molar-refractivity contribution is -0.125. The van der Waals surface area contributed by atoms with E-state index in [1.165, 1.54) is 5.70 Å². The molecule has 0 saturated heterocycles. The molecule has 0 radical (unpaired) electrons. The van der Waals surface area contributed by atoms with Crippen molar-refractivity contribution in [3.63, 3.8) is 0 Å². The van der Waals surface area contributed by atoms with Crippen molar-refractivity contribution in [3.05, 3.63) is 11.4 Å². The first-order valence-electron chi connectivity index (χ1n) is 5.94. The van der Waals surface area contributed by atoms with Crippen LogP contribution in [0.3, 0.4) is 0 Å². The molecule has 1 unspecified atom stereocenters. The number of rotatable bonds is 4. The molecule has 0 bridgehead atoms. The zero-order chi connectivity index (χ0) is 12.3. The second kappa shape index (κ2) is 5.34. The highest BCUT2D eigenvalue weighted by atomic mass is 16.2. The molecule has 1 atom stereocenters. The van der Waals surface area contributed by atoms with Crippen LogP contribution in [0.15, 0.2) is 11.4 Å². The summed E-state index contributed by atoms with van der Waals surface area (Å²) in [5.41, 5.74) is 2.32. The molecule has 0 saturated carbocycles. The number of nitrogens with one attached hydrogen (secondary N) is 2. The van der Waals surface area contributed by atoms with Crippen molar-refractivity contribution in [3.8, 4) is 0 Å². The van der Waals surface area contributed by atoms with Crippen LogP contribution in [0.4, 0.5) is 0 Å². The van der Waals surface area contributed by atoms with E-state index in [1.807, 2.05) is 14.1 Å². The average Bonchev–Trinajstić information content (AvgIpc) is 2.23. The van der Waals surface area contributed by atoms with Gasteiger partial charge in [0.1, 0.15) is 6.04 Å². The molecule has 0 spiro atoms. The van der Waals surface area contributed by atoms with E-state index in [0.29, 0.717) is 12.5 Å². The smallest absolute Gasteiger partial charge is 0.248 e. The third kappa shape index (κ3) is 2.38. The molecule has 1 aliphatic heterocycles. The molecule has 0 fully saturated rings. The molecule has 0 aliphatic carbocycles. The summed E-state index contributed by atoms with van der Waals surface area (Å²) in [6.07, 6.45) is 0.949. The SMILES string of the molecule is CCC1=C(C(C)C)NC(=O)C(CNC)N1C. The molecule has 0 aromatic rings. The Hall–Kier alpha value is -1.03. The zero-order valence-electron chi connectivity index (χ0n) is 10.9. The Morgan fingerprint density at radius 3 is 2.56 bits per heavy atom. The number of likely N-dealkylation sites (N-methyl/N-ethyl adjacent to an activating group) is 2. The molecule has 0 aromatic carbocycles. The summed E-state index contributed by atoms with van der Waals surface area (Å²) in [6, 6.07) is -0.0950. The Morgan fingerprint density at radius 2 is 2.12 bits per heavy atom. The number of carbonyl (C=O) groups is 1. The maximum absolute atomic E-state index is 11.9. The van der Waals surface area contributed by atoms with Crippen LogP contribution in [0.2, 0.25) is 0 Å². The molecule has 16 heavy (non-hydrogen) atoms. The quantitative estimate of drug-likeness (QED) is 0.747. The Labute approximate surface area is 98.1 Å². The second-order valence-corrected chi connectivity index (χ2v) is 4.54. The van der Waals surface area contributed by atoms with Crippen molar-refractivity contribution >= 4 is 5.91 Å². The van der Waals surface area contributed by atoms with Gasteiger partial charge in [-0.2, -0.15) is 0 Å². The van der Waals surface area contributed by atoms with Crippen LogP contribution in [-0.4, -0.2) is 37.5 Å². The number of allylic oxidation sites excluding steroid dienone is 2. The zero-order valence-corrected chi connectivity index (χ0v) is 10.9. The van der Waals surface area contributed by atoms with Gasteiger partial charge in [0.25, 0.3) is 0 Å². The van der Waals surface area contributed by atoms with Crippen LogP contribution in [-0.2, 0) is 4.79 Å². The van der Waals surface area contributed by atoms with Gasteiger partial charge in [0, 0.05) is 25.0 Å². The van der Waals surface area contributed by atoms with Crippen LogP contribution in [0.5, 0.6) is 0 Å². The fourth-order valence-corrected chi connectivity index (χ4v) is 2.18. The van der Waals surface area contributed by atoms with Gasteiger partial charge in [-0.1, -0.05) is 20.8 Å². The van der Waals surface area contributed by atoms with E-state index < -0.39 is 0 Å². The van der Waals surface area contributed by atoms with Crippen LogP contribution in [0.1, 0.15) is 27.2 Å². The first-order chi connectivity index (χ1) is 7.52. The van der Waals surface area contributed by atoms with Crippen LogP contribution in [0, 0.1) is 5.92 Å². The summed E-state index contributed by atoms with van der Waals surface area (Å²) in [4.78, 5) is 14.0. The van der Waals surface area contributed by atoms with E-state index >= 15 is 0 Å². The third-order valence-electron chi connectivity index (χ3n) is 3.07. The molecule has 1 heterocycles. The molecule has 0 aromatic heterocycles. The van der Waals surface area contributed by atoms with Crippen molar-refractivity contribution in [2.75, 3.05) is 20.6 Å². The van der Waals surface area contributed by atoms with E-state index in [9.17, 15) is 4.79 Å². The van der Waals surface area contributed by atoms with Gasteiger partial charge in [0.05, 0.1) is 0 Å². The monoisotopic (exact) mass is 225 g/mol. The maximum Gasteiger partial charge on any atom is 0.248 e. The third-order valence-corrected chi connectivity index (χ3v) is 3.07. The Bertz CT molecular complexity index is 297. The van der Waals surface area contributed by atoms with Crippen molar-refractivity contribution in [1.82, 2.24) is 15.5 Å². The fourth-order valence-electron chi connectivity index (χ4n) is 2.18. The minimum atomic E-state index is -0.0950. The molecule has 4 heteroatoms. The maximum atomic E-state index is 11.9. The normalized spacial score (nSPS) is 21.8. The van der Waals surface area contributed by atoms with Gasteiger partial charge < -0.3 is 15.5 Å². The van der Waals surface area contributed by atoms with Gasteiger partial charge in [0.15, 0.2) is 0 Å². The summed E-state index contributed by atoms with van der Waals surface area (Å²) >= 11 is 0. The van der Waals surface area contributed by atoms with E-state index in [2.05, 4.69) is 36.3 Å². The standard InChI is InChI=1S/C12H23N3O/c1-6-9-11(8(2)3)14-12(16)10(7-13-4)15(9)5/h8,10,13H,6-7H2,1-5H3,(H,14,16). The van der Waals surface area contributed by atoms with Crippen LogP contribution < -0.4 is 10.6 Å². The van der Waals surface area contributed by atoms with Crippen molar-refractivity contribution < 1.29 is 4.79 Å². The molecule has 1 aliphatic rings. The topological polar surface area (TPSA) is 44.4 Å². The van der Waals surface area contributed by atoms with Gasteiger partial charge in [-0.3, -0.25) is 4.79 Å². The highest BCUT2D eigenvalue weighted by Gasteiger charge is 2.31. The predicted molar refractivity (Wildman–Crippen MR) is 65.8 cm³/mol. The number of carbonyl (C=O) groups excluding carboxylic acids is 1. The molecule has 92 valence electrons. The highest BCUT2D eigenvalue weighted by molar-refractivity contribution is 5.85. The average molecular weight is 225 g/mol. The number of nitrogens with zero attached hydrogens (tertiary/aromatic N) is 1. The van der Waals surface area contributed by atoms with E-state index in [4.69, 9.17) is 0 Å². The molecule has 2 N–H and O–H groups in total. The number of amides is 1. The van der Waals surface area contributed by atoms with Crippen molar-refractivity contribution in [2.45, 2.75) is 33.2 Å². The molecule has 4 nitrogen and oxygen atoms in total. The Kier molecular flexibility index (Phi) is 4.35. The Morgan fingerprint density at radius 1 is 1.50 bits per heavy atom.